The average Bonchev–Trinajstić information content (AvgIpc) is 3.44. The van der Waals surface area contributed by atoms with Crippen molar-refractivity contribution in [3.8, 4) is 0 Å². The molecule has 2 fully saturated rings. The fourth-order valence-corrected chi connectivity index (χ4v) is 3.73. The van der Waals surface area contributed by atoms with Crippen molar-refractivity contribution in [2.24, 2.45) is 0 Å². The Kier molecular flexibility index (Phi) is 5.62. The Labute approximate surface area is 143 Å². The van der Waals surface area contributed by atoms with Crippen LogP contribution in [0.25, 0.3) is 0 Å². The normalized spacial score (nSPS) is 18.9. The molecule has 1 aromatic heterocycles. The van der Waals surface area contributed by atoms with Crippen LogP contribution in [0.1, 0.15) is 83.0 Å². The maximum atomic E-state index is 12.1. The van der Waals surface area contributed by atoms with Crippen molar-refractivity contribution in [3.05, 3.63) is 5.82 Å². The van der Waals surface area contributed by atoms with Crippen LogP contribution in [0, 0.1) is 0 Å². The van der Waals surface area contributed by atoms with Gasteiger partial charge in [-0.05, 0) is 39.0 Å². The molecule has 0 aromatic carbocycles. The van der Waals surface area contributed by atoms with Gasteiger partial charge in [0.05, 0.1) is 5.75 Å². The molecule has 1 aromatic rings. The molecule has 2 saturated carbocycles. The van der Waals surface area contributed by atoms with E-state index in [9.17, 15) is 4.79 Å². The van der Waals surface area contributed by atoms with Gasteiger partial charge in [-0.1, -0.05) is 37.9 Å². The third kappa shape index (κ3) is 4.72. The Morgan fingerprint density at radius 1 is 1.30 bits per heavy atom. The molecule has 1 atom stereocenters. The highest BCUT2D eigenvalue weighted by molar-refractivity contribution is 7.99. The van der Waals surface area contributed by atoms with Crippen molar-refractivity contribution in [2.75, 3.05) is 5.75 Å². The predicted molar refractivity (Wildman–Crippen MR) is 92.7 cm³/mol. The summed E-state index contributed by atoms with van der Waals surface area (Å²) in [5, 5.41) is 12.8. The number of carbonyl (C=O) groups excluding carboxylic acids is 1. The maximum absolute atomic E-state index is 12.1. The van der Waals surface area contributed by atoms with Crippen molar-refractivity contribution in [2.45, 2.75) is 88.4 Å². The van der Waals surface area contributed by atoms with Crippen LogP contribution < -0.4 is 5.32 Å². The van der Waals surface area contributed by atoms with Crippen LogP contribution in [0.3, 0.4) is 0 Å². The number of hydrogen-bond acceptors (Lipinski definition) is 4. The van der Waals surface area contributed by atoms with Crippen molar-refractivity contribution in [1.29, 1.82) is 0 Å². The molecular formula is C17H28N4OS. The lowest BCUT2D eigenvalue weighted by molar-refractivity contribution is -0.119. The van der Waals surface area contributed by atoms with E-state index in [-0.39, 0.29) is 11.9 Å². The molecule has 3 rings (SSSR count). The Morgan fingerprint density at radius 2 is 2.09 bits per heavy atom. The van der Waals surface area contributed by atoms with Crippen molar-refractivity contribution in [3.63, 3.8) is 0 Å². The third-order valence-electron chi connectivity index (χ3n) is 4.53. The first-order valence-electron chi connectivity index (χ1n) is 9.06. The number of hydrogen-bond donors (Lipinski definition) is 1. The minimum atomic E-state index is 0.109. The first-order valence-corrected chi connectivity index (χ1v) is 10.0. The Hall–Kier alpha value is -1.04. The first kappa shape index (κ1) is 16.8. The summed E-state index contributed by atoms with van der Waals surface area (Å²) in [7, 11) is 0. The Morgan fingerprint density at radius 3 is 2.74 bits per heavy atom. The monoisotopic (exact) mass is 336 g/mol. The third-order valence-corrected chi connectivity index (χ3v) is 5.47. The lowest BCUT2D eigenvalue weighted by Gasteiger charge is -2.13. The lowest BCUT2D eigenvalue weighted by atomic mass is 10.1. The number of carbonyl (C=O) groups is 1. The van der Waals surface area contributed by atoms with E-state index in [2.05, 4.69) is 33.9 Å². The van der Waals surface area contributed by atoms with Gasteiger partial charge in [0.25, 0.3) is 0 Å². The van der Waals surface area contributed by atoms with Crippen LogP contribution in [-0.2, 0) is 4.79 Å². The van der Waals surface area contributed by atoms with E-state index >= 15 is 0 Å². The van der Waals surface area contributed by atoms with Gasteiger partial charge in [0, 0.05) is 18.0 Å². The van der Waals surface area contributed by atoms with Crippen LogP contribution in [-0.4, -0.2) is 32.5 Å². The summed E-state index contributed by atoms with van der Waals surface area (Å²) in [5.41, 5.74) is 0. The van der Waals surface area contributed by atoms with Crippen LogP contribution in [0.15, 0.2) is 5.16 Å². The average molecular weight is 337 g/mol. The molecule has 23 heavy (non-hydrogen) atoms. The van der Waals surface area contributed by atoms with Crippen molar-refractivity contribution < 1.29 is 4.79 Å². The number of amides is 1. The van der Waals surface area contributed by atoms with Gasteiger partial charge in [-0.25, -0.2) is 0 Å². The minimum Gasteiger partial charge on any atom is -0.353 e. The summed E-state index contributed by atoms with van der Waals surface area (Å²) in [6.07, 6.45) is 9.65. The lowest BCUT2D eigenvalue weighted by Crippen LogP contribution is -2.33. The van der Waals surface area contributed by atoms with Gasteiger partial charge in [0.1, 0.15) is 5.82 Å². The Balaban J connectivity index is 1.47. The summed E-state index contributed by atoms with van der Waals surface area (Å²) >= 11 is 1.54. The van der Waals surface area contributed by atoms with E-state index in [0.717, 1.165) is 17.4 Å². The summed E-state index contributed by atoms with van der Waals surface area (Å²) < 4.78 is 2.31. The van der Waals surface area contributed by atoms with Crippen LogP contribution in [0.5, 0.6) is 0 Å². The highest BCUT2D eigenvalue weighted by atomic mass is 32.2. The van der Waals surface area contributed by atoms with Crippen LogP contribution in [0.4, 0.5) is 0 Å². The van der Waals surface area contributed by atoms with Crippen LogP contribution >= 0.6 is 11.8 Å². The summed E-state index contributed by atoms with van der Waals surface area (Å²) in [6.45, 7) is 4.29. The molecule has 0 aliphatic heterocycles. The molecule has 0 saturated heterocycles. The van der Waals surface area contributed by atoms with Gasteiger partial charge in [0.15, 0.2) is 5.16 Å². The standard InChI is InChI=1S/C17H28N4OS/c1-3-4-5-6-12(2)18-15(22)11-23-17-20-19-16(13-7-8-13)21(17)14-9-10-14/h12-14H,3-11H2,1-2H3,(H,18,22)/t12-/m1/s1. The molecule has 1 amide bonds. The molecule has 2 aliphatic carbocycles. The zero-order valence-electron chi connectivity index (χ0n) is 14.3. The van der Waals surface area contributed by atoms with Gasteiger partial charge >= 0.3 is 0 Å². The second kappa shape index (κ2) is 7.69. The fraction of sp³-hybridized carbons (Fsp3) is 0.824. The molecule has 5 nitrogen and oxygen atoms in total. The molecular weight excluding hydrogens is 308 g/mol. The number of unbranched alkanes of at least 4 members (excludes halogenated alkanes) is 2. The van der Waals surface area contributed by atoms with Crippen LogP contribution in [0.2, 0.25) is 0 Å². The molecule has 2 aliphatic rings. The van der Waals surface area contributed by atoms with E-state index < -0.39 is 0 Å². The minimum absolute atomic E-state index is 0.109. The molecule has 0 bridgehead atoms. The highest BCUT2D eigenvalue weighted by Gasteiger charge is 2.36. The van der Waals surface area contributed by atoms with Gasteiger partial charge in [0.2, 0.25) is 5.91 Å². The number of rotatable bonds is 10. The van der Waals surface area contributed by atoms with Crippen molar-refractivity contribution >= 4 is 17.7 Å². The summed E-state index contributed by atoms with van der Waals surface area (Å²) in [4.78, 5) is 12.1. The maximum Gasteiger partial charge on any atom is 0.230 e. The Bertz CT molecular complexity index is 537. The van der Waals surface area contributed by atoms with E-state index in [0.29, 0.717) is 17.7 Å². The number of nitrogens with one attached hydrogen (secondary N) is 1. The molecule has 1 heterocycles. The molecule has 0 unspecified atom stereocenters. The smallest absolute Gasteiger partial charge is 0.230 e. The zero-order chi connectivity index (χ0) is 16.2. The molecule has 0 radical (unpaired) electrons. The largest absolute Gasteiger partial charge is 0.353 e. The zero-order valence-corrected chi connectivity index (χ0v) is 15.1. The fourth-order valence-electron chi connectivity index (χ4n) is 2.90. The number of nitrogens with zero attached hydrogens (tertiary/aromatic N) is 3. The second-order valence-electron chi connectivity index (χ2n) is 6.97. The van der Waals surface area contributed by atoms with Gasteiger partial charge < -0.3 is 9.88 Å². The van der Waals surface area contributed by atoms with E-state index in [1.165, 1.54) is 56.7 Å². The highest BCUT2D eigenvalue weighted by Crippen LogP contribution is 2.45. The van der Waals surface area contributed by atoms with Crippen molar-refractivity contribution in [1.82, 2.24) is 20.1 Å². The van der Waals surface area contributed by atoms with E-state index in [4.69, 9.17) is 0 Å². The van der Waals surface area contributed by atoms with E-state index in [1.807, 2.05) is 0 Å². The van der Waals surface area contributed by atoms with Gasteiger partial charge in [-0.3, -0.25) is 4.79 Å². The predicted octanol–water partition coefficient (Wildman–Crippen LogP) is 3.67. The molecule has 128 valence electrons. The topological polar surface area (TPSA) is 59.8 Å². The number of thioether (sulfide) groups is 1. The molecule has 1 N–H and O–H groups in total. The first-order chi connectivity index (χ1) is 11.2. The van der Waals surface area contributed by atoms with E-state index in [1.54, 1.807) is 0 Å². The molecule has 0 spiro atoms. The quantitative estimate of drug-likeness (QED) is 0.523. The molecule has 6 heteroatoms. The van der Waals surface area contributed by atoms with Gasteiger partial charge in [-0.15, -0.1) is 10.2 Å². The van der Waals surface area contributed by atoms with Gasteiger partial charge in [-0.2, -0.15) is 0 Å². The number of aromatic nitrogens is 3. The second-order valence-corrected chi connectivity index (χ2v) is 7.91. The SMILES string of the molecule is CCCCC[C@@H](C)NC(=O)CSc1nnc(C2CC2)n1C1CC1. The summed E-state index contributed by atoms with van der Waals surface area (Å²) in [5.74, 6) is 2.32. The summed E-state index contributed by atoms with van der Waals surface area (Å²) in [6, 6.07) is 0.845.